The summed E-state index contributed by atoms with van der Waals surface area (Å²) >= 11 is 0. The minimum absolute atomic E-state index is 0.515. The number of aromatic nitrogens is 2. The Morgan fingerprint density at radius 1 is 1.36 bits per heavy atom. The Morgan fingerprint density at radius 2 is 2.12 bits per heavy atom. The largest absolute Gasteiger partial charge is 0.356 e. The van der Waals surface area contributed by atoms with Crippen LogP contribution in [0.25, 0.3) is 0 Å². The normalized spacial score (nSPS) is 16.8. The number of aliphatic imine (C=N–C) groups is 1. The highest BCUT2D eigenvalue weighted by molar-refractivity contribution is 5.79. The number of piperidine rings is 1. The third kappa shape index (κ3) is 6.90. The Balaban J connectivity index is 1.59. The first-order valence-electron chi connectivity index (χ1n) is 9.40. The average Bonchev–Trinajstić information content (AvgIpc) is 2.99. The van der Waals surface area contributed by atoms with Crippen LogP contribution in [0.15, 0.2) is 29.5 Å². The zero-order valence-electron chi connectivity index (χ0n) is 16.1. The maximum Gasteiger partial charge on any atom is 0.191 e. The van der Waals surface area contributed by atoms with Crippen LogP contribution in [0.2, 0.25) is 0 Å². The summed E-state index contributed by atoms with van der Waals surface area (Å²) in [6, 6.07) is 0.515. The molecule has 25 heavy (non-hydrogen) atoms. The van der Waals surface area contributed by atoms with Gasteiger partial charge in [-0.3, -0.25) is 9.89 Å². The minimum Gasteiger partial charge on any atom is -0.356 e. The number of likely N-dealkylation sites (tertiary alicyclic amines) is 1. The van der Waals surface area contributed by atoms with Crippen LogP contribution in [0.3, 0.4) is 0 Å². The Kier molecular flexibility index (Phi) is 7.98. The fraction of sp³-hybridized carbons (Fsp3) is 0.684. The predicted octanol–water partition coefficient (Wildman–Crippen LogP) is 2.18. The monoisotopic (exact) mass is 346 g/mol. The Labute approximate surface area is 152 Å². The third-order valence-corrected chi connectivity index (χ3v) is 4.69. The summed E-state index contributed by atoms with van der Waals surface area (Å²) in [5.74, 6) is 2.01. The van der Waals surface area contributed by atoms with Crippen molar-refractivity contribution >= 4 is 5.96 Å². The second kappa shape index (κ2) is 10.2. The van der Waals surface area contributed by atoms with Crippen LogP contribution in [0.4, 0.5) is 0 Å². The van der Waals surface area contributed by atoms with E-state index in [0.29, 0.717) is 6.04 Å². The minimum atomic E-state index is 0.515. The van der Waals surface area contributed by atoms with Gasteiger partial charge in [0.15, 0.2) is 5.96 Å². The highest BCUT2D eigenvalue weighted by Crippen LogP contribution is 2.11. The van der Waals surface area contributed by atoms with Gasteiger partial charge in [-0.05, 0) is 39.5 Å². The second-order valence-corrected chi connectivity index (χ2v) is 7.03. The zero-order chi connectivity index (χ0) is 18.1. The number of nitrogens with one attached hydrogen (secondary N) is 2. The highest BCUT2D eigenvalue weighted by atomic mass is 15.2. The van der Waals surface area contributed by atoms with Gasteiger partial charge >= 0.3 is 0 Å². The lowest BCUT2D eigenvalue weighted by molar-refractivity contribution is 0.221. The quantitative estimate of drug-likeness (QED) is 0.328. The molecule has 0 amide bonds. The SMILES string of the molecule is C=C(C)CN1CCC(NC(=NC)NCCCCn2ccnc2C)CC1. The summed E-state index contributed by atoms with van der Waals surface area (Å²) in [4.78, 5) is 11.1. The van der Waals surface area contributed by atoms with Crippen LogP contribution in [0.1, 0.15) is 38.4 Å². The van der Waals surface area contributed by atoms with E-state index in [4.69, 9.17) is 0 Å². The van der Waals surface area contributed by atoms with Crippen molar-refractivity contribution in [1.29, 1.82) is 0 Å². The van der Waals surface area contributed by atoms with E-state index in [1.54, 1.807) is 0 Å². The molecule has 1 fully saturated rings. The number of aryl methyl sites for hydroxylation is 2. The molecule has 1 aromatic rings. The van der Waals surface area contributed by atoms with Gasteiger partial charge in [-0.1, -0.05) is 12.2 Å². The molecule has 0 saturated carbocycles. The molecule has 2 rings (SSSR count). The van der Waals surface area contributed by atoms with Gasteiger partial charge in [0, 0.05) is 58.2 Å². The standard InChI is InChI=1S/C19H34N6/c1-16(2)15-24-12-7-18(8-13-24)23-19(20-4)22-9-5-6-11-25-14-10-21-17(25)3/h10,14,18H,1,5-9,11-13,15H2,2-4H3,(H2,20,22,23). The topological polar surface area (TPSA) is 57.5 Å². The van der Waals surface area contributed by atoms with Crippen molar-refractivity contribution in [1.82, 2.24) is 25.1 Å². The van der Waals surface area contributed by atoms with Crippen molar-refractivity contribution in [3.63, 3.8) is 0 Å². The van der Waals surface area contributed by atoms with Gasteiger partial charge in [0.1, 0.15) is 5.82 Å². The van der Waals surface area contributed by atoms with Gasteiger partial charge in [0.25, 0.3) is 0 Å². The molecule has 0 spiro atoms. The van der Waals surface area contributed by atoms with Crippen molar-refractivity contribution in [3.05, 3.63) is 30.4 Å². The van der Waals surface area contributed by atoms with Crippen LogP contribution in [-0.2, 0) is 6.54 Å². The molecule has 0 radical (unpaired) electrons. The molecule has 6 nitrogen and oxygen atoms in total. The van der Waals surface area contributed by atoms with E-state index < -0.39 is 0 Å². The summed E-state index contributed by atoms with van der Waals surface area (Å²) in [6.45, 7) is 13.4. The number of unbranched alkanes of at least 4 members (excludes halogenated alkanes) is 1. The van der Waals surface area contributed by atoms with E-state index >= 15 is 0 Å². The molecule has 0 bridgehead atoms. The molecular formula is C19H34N6. The molecule has 0 aromatic carbocycles. The molecule has 2 heterocycles. The molecule has 1 aliphatic heterocycles. The smallest absolute Gasteiger partial charge is 0.191 e. The lowest BCUT2D eigenvalue weighted by atomic mass is 10.0. The van der Waals surface area contributed by atoms with E-state index in [1.165, 1.54) is 5.57 Å². The summed E-state index contributed by atoms with van der Waals surface area (Å²) in [5, 5.41) is 7.01. The molecule has 1 aliphatic rings. The Hall–Kier alpha value is -1.82. The van der Waals surface area contributed by atoms with E-state index in [9.17, 15) is 0 Å². The Bertz CT molecular complexity index is 554. The first-order valence-corrected chi connectivity index (χ1v) is 9.40. The van der Waals surface area contributed by atoms with Crippen LogP contribution < -0.4 is 10.6 Å². The molecule has 140 valence electrons. The summed E-state index contributed by atoms with van der Waals surface area (Å²) in [7, 11) is 1.85. The van der Waals surface area contributed by atoms with E-state index in [2.05, 4.69) is 43.6 Å². The first kappa shape index (κ1) is 19.5. The van der Waals surface area contributed by atoms with E-state index in [1.807, 2.05) is 26.4 Å². The molecular weight excluding hydrogens is 312 g/mol. The summed E-state index contributed by atoms with van der Waals surface area (Å²) in [5.41, 5.74) is 1.25. The van der Waals surface area contributed by atoms with Gasteiger partial charge in [0.2, 0.25) is 0 Å². The molecule has 0 unspecified atom stereocenters. The summed E-state index contributed by atoms with van der Waals surface area (Å²) in [6.07, 6.45) is 8.49. The van der Waals surface area contributed by atoms with Gasteiger partial charge < -0.3 is 15.2 Å². The maximum absolute atomic E-state index is 4.36. The number of hydrogen-bond acceptors (Lipinski definition) is 3. The summed E-state index contributed by atoms with van der Waals surface area (Å²) < 4.78 is 2.20. The first-order chi connectivity index (χ1) is 12.1. The van der Waals surface area contributed by atoms with Crippen LogP contribution in [0.5, 0.6) is 0 Å². The maximum atomic E-state index is 4.36. The van der Waals surface area contributed by atoms with Crippen molar-refractivity contribution in [2.24, 2.45) is 4.99 Å². The van der Waals surface area contributed by atoms with Crippen LogP contribution >= 0.6 is 0 Å². The average molecular weight is 347 g/mol. The molecule has 2 N–H and O–H groups in total. The fourth-order valence-electron chi connectivity index (χ4n) is 3.26. The lowest BCUT2D eigenvalue weighted by Crippen LogP contribution is -2.49. The van der Waals surface area contributed by atoms with Crippen molar-refractivity contribution in [2.45, 2.75) is 52.1 Å². The van der Waals surface area contributed by atoms with E-state index in [-0.39, 0.29) is 0 Å². The molecule has 0 atom stereocenters. The van der Waals surface area contributed by atoms with Gasteiger partial charge in [-0.15, -0.1) is 0 Å². The molecule has 0 aliphatic carbocycles. The number of imidazole rings is 1. The van der Waals surface area contributed by atoms with Crippen molar-refractivity contribution in [3.8, 4) is 0 Å². The zero-order valence-corrected chi connectivity index (χ0v) is 16.1. The Morgan fingerprint density at radius 3 is 2.72 bits per heavy atom. The number of guanidine groups is 1. The predicted molar refractivity (Wildman–Crippen MR) is 105 cm³/mol. The molecule has 1 saturated heterocycles. The molecule has 1 aromatic heterocycles. The van der Waals surface area contributed by atoms with Crippen molar-refractivity contribution in [2.75, 3.05) is 33.2 Å². The van der Waals surface area contributed by atoms with E-state index in [0.717, 1.165) is 70.2 Å². The van der Waals surface area contributed by atoms with Crippen LogP contribution in [-0.4, -0.2) is 59.7 Å². The van der Waals surface area contributed by atoms with Crippen LogP contribution in [0, 0.1) is 6.92 Å². The number of rotatable bonds is 8. The highest BCUT2D eigenvalue weighted by Gasteiger charge is 2.19. The molecule has 6 heteroatoms. The third-order valence-electron chi connectivity index (χ3n) is 4.69. The number of nitrogens with zero attached hydrogens (tertiary/aromatic N) is 4. The van der Waals surface area contributed by atoms with Gasteiger partial charge in [-0.25, -0.2) is 4.98 Å². The second-order valence-electron chi connectivity index (χ2n) is 7.03. The van der Waals surface area contributed by atoms with Gasteiger partial charge in [-0.2, -0.15) is 0 Å². The lowest BCUT2D eigenvalue weighted by Gasteiger charge is -2.33. The number of hydrogen-bond donors (Lipinski definition) is 2. The fourth-order valence-corrected chi connectivity index (χ4v) is 3.26. The van der Waals surface area contributed by atoms with Gasteiger partial charge in [0.05, 0.1) is 0 Å². The van der Waals surface area contributed by atoms with Crippen molar-refractivity contribution < 1.29 is 0 Å².